The van der Waals surface area contributed by atoms with Crippen LogP contribution in [0.3, 0.4) is 0 Å². The third kappa shape index (κ3) is 6.14. The number of aromatic nitrogens is 2. The summed E-state index contributed by atoms with van der Waals surface area (Å²) in [5.41, 5.74) is 2.00. The Morgan fingerprint density at radius 2 is 1.92 bits per heavy atom. The zero-order chi connectivity index (χ0) is 16.7. The van der Waals surface area contributed by atoms with Gasteiger partial charge in [0, 0.05) is 36.4 Å². The van der Waals surface area contributed by atoms with E-state index < -0.39 is 0 Å². The van der Waals surface area contributed by atoms with Gasteiger partial charge >= 0.3 is 0 Å². The zero-order valence-electron chi connectivity index (χ0n) is 13.7. The van der Waals surface area contributed by atoms with Crippen molar-refractivity contribution in [2.45, 2.75) is 19.9 Å². The average Bonchev–Trinajstić information content (AvgIpc) is 2.93. The van der Waals surface area contributed by atoms with Crippen LogP contribution in [0.1, 0.15) is 18.2 Å². The minimum atomic E-state index is 0. The number of rotatable bonds is 6. The topological polar surface area (TPSA) is 54.2 Å². The Balaban J connectivity index is 0.00000288. The van der Waals surface area contributed by atoms with Crippen molar-refractivity contribution in [3.05, 3.63) is 51.8 Å². The molecule has 0 aliphatic carbocycles. The van der Waals surface area contributed by atoms with E-state index in [4.69, 9.17) is 23.2 Å². The second kappa shape index (κ2) is 10.8. The van der Waals surface area contributed by atoms with E-state index in [1.165, 1.54) is 0 Å². The summed E-state index contributed by atoms with van der Waals surface area (Å²) < 4.78 is 1.82. The van der Waals surface area contributed by atoms with E-state index in [0.29, 0.717) is 23.1 Å². The molecule has 1 aromatic heterocycles. The summed E-state index contributed by atoms with van der Waals surface area (Å²) in [5.74, 6) is 0.761. The molecule has 1 aromatic carbocycles. The maximum atomic E-state index is 6.18. The van der Waals surface area contributed by atoms with Gasteiger partial charge in [0.15, 0.2) is 5.96 Å². The van der Waals surface area contributed by atoms with E-state index in [1.807, 2.05) is 42.9 Å². The Bertz CT molecular complexity index is 652. The Labute approximate surface area is 169 Å². The molecule has 2 aromatic rings. The van der Waals surface area contributed by atoms with Crippen LogP contribution in [0, 0.1) is 0 Å². The molecule has 0 saturated carbocycles. The first-order chi connectivity index (χ1) is 11.1. The lowest BCUT2D eigenvalue weighted by Crippen LogP contribution is -2.38. The van der Waals surface area contributed by atoms with Crippen LogP contribution in [-0.2, 0) is 20.0 Å². The van der Waals surface area contributed by atoms with E-state index in [9.17, 15) is 0 Å². The Hall–Kier alpha value is -0.990. The Kier molecular flexibility index (Phi) is 9.46. The van der Waals surface area contributed by atoms with Gasteiger partial charge in [0.1, 0.15) is 0 Å². The Morgan fingerprint density at radius 3 is 2.50 bits per heavy atom. The molecule has 0 radical (unpaired) electrons. The predicted molar refractivity (Wildman–Crippen MR) is 112 cm³/mol. The molecular formula is C16H22Cl2IN5. The van der Waals surface area contributed by atoms with Crippen molar-refractivity contribution < 1.29 is 0 Å². The van der Waals surface area contributed by atoms with Crippen molar-refractivity contribution in [3.63, 3.8) is 0 Å². The fourth-order valence-corrected chi connectivity index (χ4v) is 2.72. The van der Waals surface area contributed by atoms with Gasteiger partial charge in [-0.15, -0.1) is 24.0 Å². The molecule has 0 spiro atoms. The lowest BCUT2D eigenvalue weighted by molar-refractivity contribution is 0.707. The van der Waals surface area contributed by atoms with Crippen molar-refractivity contribution in [2.75, 3.05) is 13.1 Å². The molecule has 132 valence electrons. The average molecular weight is 482 g/mol. The number of aliphatic imine (C=N–C) groups is 1. The fourth-order valence-electron chi connectivity index (χ4n) is 2.14. The summed E-state index contributed by atoms with van der Waals surface area (Å²) in [6, 6.07) is 7.51. The molecule has 24 heavy (non-hydrogen) atoms. The molecule has 0 unspecified atom stereocenters. The highest BCUT2D eigenvalue weighted by Crippen LogP contribution is 2.24. The zero-order valence-corrected chi connectivity index (χ0v) is 17.6. The van der Waals surface area contributed by atoms with Gasteiger partial charge in [0.25, 0.3) is 0 Å². The third-order valence-corrected chi connectivity index (χ3v) is 4.10. The molecular weight excluding hydrogens is 460 g/mol. The molecule has 0 aliphatic rings. The van der Waals surface area contributed by atoms with Crippen molar-refractivity contribution in [3.8, 4) is 0 Å². The molecule has 2 rings (SSSR count). The van der Waals surface area contributed by atoms with Crippen LogP contribution in [0.25, 0.3) is 0 Å². The summed E-state index contributed by atoms with van der Waals surface area (Å²) in [6.07, 6.45) is 2.50. The molecule has 0 saturated heterocycles. The first-order valence-corrected chi connectivity index (χ1v) is 8.29. The van der Waals surface area contributed by atoms with Crippen LogP contribution in [0.15, 0.2) is 35.5 Å². The third-order valence-electron chi connectivity index (χ3n) is 3.39. The van der Waals surface area contributed by atoms with Gasteiger partial charge < -0.3 is 10.6 Å². The number of halogens is 3. The fraction of sp³-hybridized carbons (Fsp3) is 0.375. The number of nitrogens with one attached hydrogen (secondary N) is 2. The second-order valence-electron chi connectivity index (χ2n) is 5.02. The first-order valence-electron chi connectivity index (χ1n) is 7.53. The van der Waals surface area contributed by atoms with Gasteiger partial charge in [-0.05, 0) is 37.1 Å². The van der Waals surface area contributed by atoms with Crippen molar-refractivity contribution in [2.24, 2.45) is 12.0 Å². The molecule has 5 nitrogen and oxygen atoms in total. The van der Waals surface area contributed by atoms with Crippen molar-refractivity contribution >= 4 is 53.1 Å². The molecule has 0 aliphatic heterocycles. The summed E-state index contributed by atoms with van der Waals surface area (Å²) in [7, 11) is 1.91. The first kappa shape index (κ1) is 21.1. The van der Waals surface area contributed by atoms with Gasteiger partial charge in [-0.3, -0.25) is 4.68 Å². The van der Waals surface area contributed by atoms with Gasteiger partial charge in [-0.2, -0.15) is 5.10 Å². The summed E-state index contributed by atoms with van der Waals surface area (Å²) in [5, 5.41) is 12.0. The number of benzene rings is 1. The molecule has 1 heterocycles. The highest BCUT2D eigenvalue weighted by atomic mass is 127. The van der Waals surface area contributed by atoms with Crippen LogP contribution in [0.5, 0.6) is 0 Å². The van der Waals surface area contributed by atoms with Gasteiger partial charge in [0.2, 0.25) is 0 Å². The SMILES string of the molecule is CCNC(=NCc1ccnn1C)NCCc1c(Cl)cccc1Cl.I. The Morgan fingerprint density at radius 1 is 1.21 bits per heavy atom. The minimum absolute atomic E-state index is 0. The van der Waals surface area contributed by atoms with Crippen molar-refractivity contribution in [1.82, 2.24) is 20.4 Å². The molecule has 0 fully saturated rings. The maximum Gasteiger partial charge on any atom is 0.191 e. The minimum Gasteiger partial charge on any atom is -0.357 e. The van der Waals surface area contributed by atoms with Crippen LogP contribution in [0.2, 0.25) is 10.0 Å². The molecule has 8 heteroatoms. The van der Waals surface area contributed by atoms with E-state index >= 15 is 0 Å². The molecule has 0 bridgehead atoms. The van der Waals surface area contributed by atoms with E-state index in [-0.39, 0.29) is 24.0 Å². The summed E-state index contributed by atoms with van der Waals surface area (Å²) in [6.45, 7) is 4.09. The number of hydrogen-bond donors (Lipinski definition) is 2. The predicted octanol–water partition coefficient (Wildman–Crippen LogP) is 3.64. The largest absolute Gasteiger partial charge is 0.357 e. The highest BCUT2D eigenvalue weighted by molar-refractivity contribution is 14.0. The maximum absolute atomic E-state index is 6.18. The smallest absolute Gasteiger partial charge is 0.191 e. The van der Waals surface area contributed by atoms with E-state index in [1.54, 1.807) is 6.20 Å². The number of aryl methyl sites for hydroxylation is 1. The van der Waals surface area contributed by atoms with Crippen LogP contribution >= 0.6 is 47.2 Å². The van der Waals surface area contributed by atoms with E-state index in [0.717, 1.165) is 30.2 Å². The van der Waals surface area contributed by atoms with E-state index in [2.05, 4.69) is 20.7 Å². The lowest BCUT2D eigenvalue weighted by Gasteiger charge is -2.12. The van der Waals surface area contributed by atoms with Crippen LogP contribution in [-0.4, -0.2) is 28.8 Å². The lowest BCUT2D eigenvalue weighted by atomic mass is 10.1. The number of hydrogen-bond acceptors (Lipinski definition) is 2. The van der Waals surface area contributed by atoms with Crippen LogP contribution < -0.4 is 10.6 Å². The monoisotopic (exact) mass is 481 g/mol. The molecule has 0 atom stereocenters. The second-order valence-corrected chi connectivity index (χ2v) is 5.83. The normalized spacial score (nSPS) is 11.1. The molecule has 2 N–H and O–H groups in total. The summed E-state index contributed by atoms with van der Waals surface area (Å²) >= 11 is 12.4. The molecule has 0 amide bonds. The highest BCUT2D eigenvalue weighted by Gasteiger charge is 2.06. The van der Waals surface area contributed by atoms with Gasteiger partial charge in [-0.1, -0.05) is 29.3 Å². The van der Waals surface area contributed by atoms with Gasteiger partial charge in [0.05, 0.1) is 12.2 Å². The number of guanidine groups is 1. The number of nitrogens with zero attached hydrogens (tertiary/aromatic N) is 3. The quantitative estimate of drug-likeness (QED) is 0.376. The van der Waals surface area contributed by atoms with Gasteiger partial charge in [-0.25, -0.2) is 4.99 Å². The summed E-state index contributed by atoms with van der Waals surface area (Å²) in [4.78, 5) is 4.56. The standard InChI is InChI=1S/C16H21Cl2N5.HI/c1-3-19-16(21-11-12-7-10-22-23(12)2)20-9-8-13-14(17)5-4-6-15(13)18;/h4-7,10H,3,8-9,11H2,1-2H3,(H2,19,20,21);1H. The van der Waals surface area contributed by atoms with Crippen molar-refractivity contribution in [1.29, 1.82) is 0 Å². The van der Waals surface area contributed by atoms with Crippen LogP contribution in [0.4, 0.5) is 0 Å².